The van der Waals surface area contributed by atoms with E-state index in [0.717, 1.165) is 27.9 Å². The molecule has 26 heavy (non-hydrogen) atoms. The standard InChI is InChI=1S/C20H23N3O3/c1-10-7-11(2)17(12(3)8-10)22-18(24)14(5)23-9-21-19-16(20(23)25)13(4)15(6)26-19/h7-9,14H,1-6H3,(H,22,24)/t14-/m1/s1. The van der Waals surface area contributed by atoms with Gasteiger partial charge in [-0.1, -0.05) is 17.7 Å². The number of aromatic nitrogens is 2. The molecule has 0 aliphatic rings. The number of carbonyl (C=O) groups excluding carboxylic acids is 1. The first-order chi connectivity index (χ1) is 12.2. The topological polar surface area (TPSA) is 77.1 Å². The quantitative estimate of drug-likeness (QED) is 0.778. The minimum atomic E-state index is -0.700. The normalized spacial score (nSPS) is 12.4. The van der Waals surface area contributed by atoms with Gasteiger partial charge in [-0.05, 0) is 52.7 Å². The van der Waals surface area contributed by atoms with Crippen molar-refractivity contribution >= 4 is 22.7 Å². The van der Waals surface area contributed by atoms with Crippen LogP contribution in [0, 0.1) is 34.6 Å². The zero-order valence-electron chi connectivity index (χ0n) is 15.9. The van der Waals surface area contributed by atoms with Crippen molar-refractivity contribution in [2.45, 2.75) is 47.6 Å². The number of furan rings is 1. The number of carbonyl (C=O) groups is 1. The molecule has 1 atom stereocenters. The molecule has 2 heterocycles. The van der Waals surface area contributed by atoms with Crippen molar-refractivity contribution in [3.63, 3.8) is 0 Å². The molecule has 136 valence electrons. The van der Waals surface area contributed by atoms with Crippen LogP contribution in [-0.4, -0.2) is 15.5 Å². The summed E-state index contributed by atoms with van der Waals surface area (Å²) in [5.41, 5.74) is 4.69. The van der Waals surface area contributed by atoms with Gasteiger partial charge in [0.25, 0.3) is 5.56 Å². The molecular weight excluding hydrogens is 330 g/mol. The summed E-state index contributed by atoms with van der Waals surface area (Å²) >= 11 is 0. The van der Waals surface area contributed by atoms with Crippen LogP contribution in [-0.2, 0) is 4.79 Å². The highest BCUT2D eigenvalue weighted by Crippen LogP contribution is 2.24. The number of nitrogens with zero attached hydrogens (tertiary/aromatic N) is 2. The molecule has 0 spiro atoms. The van der Waals surface area contributed by atoms with E-state index < -0.39 is 6.04 Å². The van der Waals surface area contributed by atoms with Crippen LogP contribution in [0.3, 0.4) is 0 Å². The highest BCUT2D eigenvalue weighted by atomic mass is 16.3. The Hall–Kier alpha value is -2.89. The second kappa shape index (κ2) is 6.44. The Morgan fingerprint density at radius 3 is 2.38 bits per heavy atom. The van der Waals surface area contributed by atoms with Gasteiger partial charge in [-0.15, -0.1) is 0 Å². The second-order valence-corrected chi connectivity index (χ2v) is 6.86. The van der Waals surface area contributed by atoms with E-state index in [1.54, 1.807) is 13.8 Å². The van der Waals surface area contributed by atoms with Gasteiger partial charge in [0.15, 0.2) is 0 Å². The molecule has 3 aromatic rings. The van der Waals surface area contributed by atoms with Crippen LogP contribution in [0.2, 0.25) is 0 Å². The first kappa shape index (κ1) is 17.9. The number of nitrogens with one attached hydrogen (secondary N) is 1. The Balaban J connectivity index is 1.97. The van der Waals surface area contributed by atoms with E-state index in [1.165, 1.54) is 10.9 Å². The Morgan fingerprint density at radius 2 is 1.77 bits per heavy atom. The number of hydrogen-bond donors (Lipinski definition) is 1. The maximum Gasteiger partial charge on any atom is 0.265 e. The fraction of sp³-hybridized carbons (Fsp3) is 0.350. The van der Waals surface area contributed by atoms with E-state index in [1.807, 2.05) is 39.8 Å². The third-order valence-corrected chi connectivity index (χ3v) is 4.84. The van der Waals surface area contributed by atoms with Crippen molar-refractivity contribution in [2.75, 3.05) is 5.32 Å². The van der Waals surface area contributed by atoms with Crippen LogP contribution < -0.4 is 10.9 Å². The van der Waals surface area contributed by atoms with Crippen molar-refractivity contribution in [3.05, 3.63) is 56.8 Å². The molecule has 0 fully saturated rings. The lowest BCUT2D eigenvalue weighted by molar-refractivity contribution is -0.118. The fourth-order valence-corrected chi connectivity index (χ4v) is 3.26. The lowest BCUT2D eigenvalue weighted by Crippen LogP contribution is -2.32. The SMILES string of the molecule is Cc1cc(C)c(NC(=O)[C@@H](C)n2cnc3oc(C)c(C)c3c2=O)c(C)c1. The minimum absolute atomic E-state index is 0.263. The number of hydrogen-bond acceptors (Lipinski definition) is 4. The van der Waals surface area contributed by atoms with Gasteiger partial charge in [-0.2, -0.15) is 0 Å². The molecule has 0 bridgehead atoms. The number of rotatable bonds is 3. The predicted octanol–water partition coefficient (Wildman–Crippen LogP) is 3.73. The maximum atomic E-state index is 12.8. The monoisotopic (exact) mass is 353 g/mol. The zero-order valence-corrected chi connectivity index (χ0v) is 15.9. The summed E-state index contributed by atoms with van der Waals surface area (Å²) < 4.78 is 6.83. The van der Waals surface area contributed by atoms with Crippen molar-refractivity contribution in [3.8, 4) is 0 Å². The average Bonchev–Trinajstić information content (AvgIpc) is 2.85. The van der Waals surface area contributed by atoms with E-state index in [-0.39, 0.29) is 11.5 Å². The van der Waals surface area contributed by atoms with Gasteiger partial charge < -0.3 is 9.73 Å². The highest BCUT2D eigenvalue weighted by Gasteiger charge is 2.21. The van der Waals surface area contributed by atoms with E-state index in [9.17, 15) is 9.59 Å². The van der Waals surface area contributed by atoms with Crippen molar-refractivity contribution in [1.29, 1.82) is 0 Å². The number of aryl methyl sites for hydroxylation is 5. The van der Waals surface area contributed by atoms with E-state index in [0.29, 0.717) is 16.9 Å². The van der Waals surface area contributed by atoms with Crippen LogP contribution in [0.25, 0.3) is 11.1 Å². The van der Waals surface area contributed by atoms with E-state index in [2.05, 4.69) is 10.3 Å². The lowest BCUT2D eigenvalue weighted by atomic mass is 10.0. The molecule has 0 aliphatic heterocycles. The largest absolute Gasteiger partial charge is 0.443 e. The maximum absolute atomic E-state index is 12.8. The van der Waals surface area contributed by atoms with Crippen LogP contribution in [0.1, 0.15) is 41.0 Å². The molecular formula is C20H23N3O3. The molecule has 3 rings (SSSR count). The summed E-state index contributed by atoms with van der Waals surface area (Å²) in [4.78, 5) is 29.8. The molecule has 0 unspecified atom stereocenters. The summed E-state index contributed by atoms with van der Waals surface area (Å²) in [6.45, 7) is 11.2. The van der Waals surface area contributed by atoms with Crippen molar-refractivity contribution < 1.29 is 9.21 Å². The summed E-state index contributed by atoms with van der Waals surface area (Å²) in [7, 11) is 0. The molecule has 1 amide bonds. The Kier molecular flexibility index (Phi) is 4.44. The third kappa shape index (κ3) is 2.92. The van der Waals surface area contributed by atoms with Crippen molar-refractivity contribution in [2.24, 2.45) is 0 Å². The molecule has 1 aromatic carbocycles. The van der Waals surface area contributed by atoms with Gasteiger partial charge in [0, 0.05) is 11.3 Å². The van der Waals surface area contributed by atoms with Gasteiger partial charge >= 0.3 is 0 Å². The summed E-state index contributed by atoms with van der Waals surface area (Å²) in [6.07, 6.45) is 1.37. The fourth-order valence-electron chi connectivity index (χ4n) is 3.26. The summed E-state index contributed by atoms with van der Waals surface area (Å²) in [5.74, 6) is 0.395. The molecule has 1 N–H and O–H groups in total. The first-order valence-electron chi connectivity index (χ1n) is 8.56. The van der Waals surface area contributed by atoms with Gasteiger partial charge in [-0.25, -0.2) is 4.98 Å². The zero-order chi connectivity index (χ0) is 19.2. The van der Waals surface area contributed by atoms with Gasteiger partial charge in [0.2, 0.25) is 11.6 Å². The van der Waals surface area contributed by atoms with Gasteiger partial charge in [-0.3, -0.25) is 14.2 Å². The van der Waals surface area contributed by atoms with Gasteiger partial charge in [0.1, 0.15) is 23.5 Å². The van der Waals surface area contributed by atoms with Crippen LogP contribution in [0.5, 0.6) is 0 Å². The van der Waals surface area contributed by atoms with Crippen molar-refractivity contribution in [1.82, 2.24) is 9.55 Å². The van der Waals surface area contributed by atoms with Crippen LogP contribution >= 0.6 is 0 Å². The highest BCUT2D eigenvalue weighted by molar-refractivity contribution is 5.95. The Labute approximate surface area is 151 Å². The molecule has 0 saturated heterocycles. The third-order valence-electron chi connectivity index (χ3n) is 4.84. The first-order valence-corrected chi connectivity index (χ1v) is 8.56. The number of fused-ring (bicyclic) bond motifs is 1. The average molecular weight is 353 g/mol. The smallest absolute Gasteiger partial charge is 0.265 e. The van der Waals surface area contributed by atoms with Crippen LogP contribution in [0.4, 0.5) is 5.69 Å². The molecule has 0 radical (unpaired) electrons. The molecule has 6 nitrogen and oxygen atoms in total. The molecule has 2 aromatic heterocycles. The minimum Gasteiger partial charge on any atom is -0.443 e. The van der Waals surface area contributed by atoms with E-state index >= 15 is 0 Å². The molecule has 0 aliphatic carbocycles. The number of anilines is 1. The molecule has 6 heteroatoms. The predicted molar refractivity (Wildman–Crippen MR) is 102 cm³/mol. The molecule has 0 saturated carbocycles. The Morgan fingerprint density at radius 1 is 1.15 bits per heavy atom. The summed E-state index contributed by atoms with van der Waals surface area (Å²) in [5, 5.41) is 3.37. The Bertz CT molecular complexity index is 1050. The number of amides is 1. The van der Waals surface area contributed by atoms with Crippen LogP contribution in [0.15, 0.2) is 27.7 Å². The second-order valence-electron chi connectivity index (χ2n) is 6.86. The number of benzene rings is 1. The van der Waals surface area contributed by atoms with Gasteiger partial charge in [0.05, 0.1) is 0 Å². The lowest BCUT2D eigenvalue weighted by Gasteiger charge is -2.17. The summed E-state index contributed by atoms with van der Waals surface area (Å²) in [6, 6.07) is 3.34. The van der Waals surface area contributed by atoms with E-state index in [4.69, 9.17) is 4.42 Å².